The monoisotopic (exact) mass is 366 g/mol. The molecule has 2 aliphatic carbocycles. The number of carbonyl (C=O) groups is 1. The molecule has 1 aromatic rings. The average Bonchev–Trinajstić information content (AvgIpc) is 2.81. The van der Waals surface area contributed by atoms with E-state index in [1.54, 1.807) is 0 Å². The van der Waals surface area contributed by atoms with Gasteiger partial charge < -0.3 is 0 Å². The molecule has 0 radical (unpaired) electrons. The van der Waals surface area contributed by atoms with Crippen LogP contribution in [0, 0.1) is 16.7 Å². The van der Waals surface area contributed by atoms with E-state index in [1.807, 2.05) is 30.3 Å². The number of hydrogen-bond acceptors (Lipinski definition) is 2. The second-order valence-electron chi connectivity index (χ2n) is 7.68. The maximum absolute atomic E-state index is 12.9. The van der Waals surface area contributed by atoms with Gasteiger partial charge >= 0.3 is 140 Å². The molecule has 1 aromatic carbocycles. The van der Waals surface area contributed by atoms with Gasteiger partial charge in [-0.15, -0.1) is 0 Å². The van der Waals surface area contributed by atoms with Gasteiger partial charge in [-0.05, 0) is 0 Å². The summed E-state index contributed by atoms with van der Waals surface area (Å²) in [6.07, 6.45) is 1.77. The molecule has 1 N–H and O–H groups in total. The zero-order chi connectivity index (χ0) is 16.1. The Labute approximate surface area is 139 Å². The molecule has 2 aliphatic rings. The van der Waals surface area contributed by atoms with Gasteiger partial charge in [-0.2, -0.15) is 0 Å². The molecule has 2 fully saturated rings. The summed E-state index contributed by atoms with van der Waals surface area (Å²) in [5.41, 5.74) is 0.952. The number of rotatable bonds is 4. The number of aliphatic hydroxyl groups excluding tert-OH is 1. The van der Waals surface area contributed by atoms with E-state index < -0.39 is 6.10 Å². The molecule has 0 amide bonds. The summed E-state index contributed by atoms with van der Waals surface area (Å²) in [6.45, 7) is 8.82. The Morgan fingerprint density at radius 2 is 1.86 bits per heavy atom. The quantitative estimate of drug-likeness (QED) is 0.818. The molecule has 2 bridgehead atoms. The van der Waals surface area contributed by atoms with Gasteiger partial charge in [-0.25, -0.2) is 0 Å². The predicted octanol–water partition coefficient (Wildman–Crippen LogP) is 4.05. The van der Waals surface area contributed by atoms with Crippen LogP contribution in [0.2, 0.25) is 9.63 Å². The van der Waals surface area contributed by atoms with Gasteiger partial charge in [0, 0.05) is 0 Å². The summed E-state index contributed by atoms with van der Waals surface area (Å²) in [5, 5.41) is 10.6. The third kappa shape index (κ3) is 2.21. The summed E-state index contributed by atoms with van der Waals surface area (Å²) in [7, 11) is 0. The first kappa shape index (κ1) is 16.2. The number of ketones is 1. The number of Topliss-reactive ketones (excluding diaryl/α,β-unsaturated/α-hetero) is 1. The molecule has 2 nitrogen and oxygen atoms in total. The molecular formula is C19H26O2Se. The van der Waals surface area contributed by atoms with Crippen LogP contribution in [0.4, 0.5) is 0 Å². The fourth-order valence-corrected chi connectivity index (χ4v) is 8.20. The van der Waals surface area contributed by atoms with Gasteiger partial charge in [0.05, 0.1) is 0 Å². The summed E-state index contributed by atoms with van der Waals surface area (Å²) in [4.78, 5) is 13.3. The van der Waals surface area contributed by atoms with Crippen LogP contribution in [0.25, 0.3) is 0 Å². The minimum atomic E-state index is -0.455. The SMILES string of the molecule is CC([Se][C@@H]1C(=O)[C@]2(C)CC[C@H]1C2(C)C)C(O)c1ccccc1. The Bertz CT molecular complexity index is 568. The predicted molar refractivity (Wildman–Crippen MR) is 89.9 cm³/mol. The number of hydrogen-bond donors (Lipinski definition) is 1. The van der Waals surface area contributed by atoms with E-state index in [4.69, 9.17) is 0 Å². The molecule has 2 saturated carbocycles. The van der Waals surface area contributed by atoms with E-state index in [0.29, 0.717) is 11.7 Å². The van der Waals surface area contributed by atoms with Gasteiger partial charge in [-0.1, -0.05) is 0 Å². The van der Waals surface area contributed by atoms with Crippen molar-refractivity contribution >= 4 is 20.7 Å². The third-order valence-electron chi connectivity index (χ3n) is 6.42. The van der Waals surface area contributed by atoms with Crippen molar-refractivity contribution in [1.82, 2.24) is 0 Å². The van der Waals surface area contributed by atoms with Crippen LogP contribution in [0.3, 0.4) is 0 Å². The van der Waals surface area contributed by atoms with E-state index in [2.05, 4.69) is 27.7 Å². The van der Waals surface area contributed by atoms with Gasteiger partial charge in [0.15, 0.2) is 0 Å². The summed E-state index contributed by atoms with van der Waals surface area (Å²) in [6, 6.07) is 9.85. The fourth-order valence-electron chi connectivity index (χ4n) is 4.39. The van der Waals surface area contributed by atoms with Crippen LogP contribution in [0.5, 0.6) is 0 Å². The van der Waals surface area contributed by atoms with Crippen LogP contribution in [-0.4, -0.2) is 25.8 Å². The van der Waals surface area contributed by atoms with Gasteiger partial charge in [0.1, 0.15) is 0 Å². The van der Waals surface area contributed by atoms with Crippen molar-refractivity contribution in [1.29, 1.82) is 0 Å². The second kappa shape index (κ2) is 5.47. The van der Waals surface area contributed by atoms with Crippen molar-refractivity contribution in [2.75, 3.05) is 0 Å². The van der Waals surface area contributed by atoms with Crippen molar-refractivity contribution in [2.45, 2.75) is 56.3 Å². The van der Waals surface area contributed by atoms with Crippen molar-refractivity contribution in [3.05, 3.63) is 35.9 Å². The van der Waals surface area contributed by atoms with Crippen molar-refractivity contribution in [2.24, 2.45) is 16.7 Å². The summed E-state index contributed by atoms with van der Waals surface area (Å²) in [5.74, 6) is 0.983. The Morgan fingerprint density at radius 3 is 2.41 bits per heavy atom. The number of aliphatic hydroxyl groups is 1. The Kier molecular flexibility index (Phi) is 4.04. The number of benzene rings is 1. The van der Waals surface area contributed by atoms with Crippen LogP contribution >= 0.6 is 0 Å². The average molecular weight is 365 g/mol. The zero-order valence-electron chi connectivity index (χ0n) is 13.9. The van der Waals surface area contributed by atoms with Gasteiger partial charge in [0.2, 0.25) is 0 Å². The van der Waals surface area contributed by atoms with Crippen LogP contribution in [-0.2, 0) is 4.79 Å². The molecule has 5 atom stereocenters. The normalized spacial score (nSPS) is 35.6. The third-order valence-corrected chi connectivity index (χ3v) is 9.61. The zero-order valence-corrected chi connectivity index (χ0v) is 15.6. The molecule has 0 aromatic heterocycles. The van der Waals surface area contributed by atoms with E-state index in [-0.39, 0.29) is 35.4 Å². The van der Waals surface area contributed by atoms with Crippen LogP contribution in [0.15, 0.2) is 30.3 Å². The Hall–Kier alpha value is -0.631. The molecule has 3 rings (SSSR count). The van der Waals surface area contributed by atoms with Gasteiger partial charge in [0.25, 0.3) is 0 Å². The fraction of sp³-hybridized carbons (Fsp3) is 0.632. The molecule has 0 spiro atoms. The standard InChI is InChI=1S/C19H26O2Se/c1-12(15(20)13-8-6-5-7-9-13)22-16-14-10-11-19(4,17(16)21)18(14,2)3/h5-9,12,14-16,20H,10-11H2,1-4H3/t12?,14-,15?,16+,19+/m1/s1. The first-order valence-electron chi connectivity index (χ1n) is 8.22. The first-order chi connectivity index (χ1) is 10.3. The second-order valence-corrected chi connectivity index (χ2v) is 10.9. The van der Waals surface area contributed by atoms with Crippen molar-refractivity contribution in [3.63, 3.8) is 0 Å². The van der Waals surface area contributed by atoms with E-state index in [0.717, 1.165) is 12.0 Å². The topological polar surface area (TPSA) is 37.3 Å². The van der Waals surface area contributed by atoms with Crippen LogP contribution in [0.1, 0.15) is 52.2 Å². The minimum absolute atomic E-state index is 0.119. The molecule has 120 valence electrons. The van der Waals surface area contributed by atoms with E-state index in [1.165, 1.54) is 6.42 Å². The molecule has 0 saturated heterocycles. The van der Waals surface area contributed by atoms with Crippen LogP contribution < -0.4 is 0 Å². The molecule has 2 unspecified atom stereocenters. The maximum atomic E-state index is 12.9. The summed E-state index contributed by atoms with van der Waals surface area (Å²) < 4.78 is 0. The van der Waals surface area contributed by atoms with E-state index in [9.17, 15) is 9.90 Å². The Balaban J connectivity index is 1.76. The van der Waals surface area contributed by atoms with Gasteiger partial charge in [-0.3, -0.25) is 0 Å². The first-order valence-corrected chi connectivity index (χ1v) is 10.2. The number of carbonyl (C=O) groups excluding carboxylic acids is 1. The molecule has 0 heterocycles. The van der Waals surface area contributed by atoms with E-state index >= 15 is 0 Å². The van der Waals surface area contributed by atoms with Crippen molar-refractivity contribution < 1.29 is 9.90 Å². The molecule has 3 heteroatoms. The van der Waals surface area contributed by atoms with Crippen molar-refractivity contribution in [3.8, 4) is 0 Å². The molecular weight excluding hydrogens is 339 g/mol. The number of fused-ring (bicyclic) bond motifs is 2. The molecule has 22 heavy (non-hydrogen) atoms. The summed E-state index contributed by atoms with van der Waals surface area (Å²) >= 11 is 0.145. The Morgan fingerprint density at radius 1 is 1.23 bits per heavy atom. The molecule has 0 aliphatic heterocycles.